The Bertz CT molecular complexity index is 678. The lowest BCUT2D eigenvalue weighted by Crippen LogP contribution is -1.96. The lowest BCUT2D eigenvalue weighted by Gasteiger charge is -2.12. The average molecular weight is 373 g/mol. The van der Waals surface area contributed by atoms with E-state index in [-0.39, 0.29) is 11.4 Å². The van der Waals surface area contributed by atoms with Gasteiger partial charge in [0.25, 0.3) is 0 Å². The van der Waals surface area contributed by atoms with Crippen LogP contribution in [0.25, 0.3) is 0 Å². The molecule has 0 aliphatic rings. The number of alkyl halides is 1. The van der Waals surface area contributed by atoms with Crippen molar-refractivity contribution in [2.75, 3.05) is 7.11 Å². The minimum Gasteiger partial charge on any atom is -0.497 e. The van der Waals surface area contributed by atoms with Crippen molar-refractivity contribution in [3.05, 3.63) is 57.1 Å². The van der Waals surface area contributed by atoms with Gasteiger partial charge in [0.15, 0.2) is 0 Å². The molecule has 7 heteroatoms. The summed E-state index contributed by atoms with van der Waals surface area (Å²) in [6, 6.07) is 9.46. The quantitative estimate of drug-likeness (QED) is 0.423. The molecule has 0 radical (unpaired) electrons. The molecule has 0 atom stereocenters. The summed E-state index contributed by atoms with van der Waals surface area (Å²) in [7, 11) is 1.48. The Morgan fingerprint density at radius 2 is 2.05 bits per heavy atom. The standard InChI is InChI=1S/C14H11BrClNO4/c1-20-9-5-6-12(17(18)19)14(7-9)21-13-4-2-3-11(16)10(13)8-15/h2-7H,8H2,1H3. The molecule has 0 N–H and O–H groups in total. The van der Waals surface area contributed by atoms with Crippen LogP contribution >= 0.6 is 27.5 Å². The Labute approximate surface area is 134 Å². The third kappa shape index (κ3) is 3.46. The number of halogens is 2. The fraction of sp³-hybridized carbons (Fsp3) is 0.143. The zero-order valence-electron chi connectivity index (χ0n) is 11.0. The van der Waals surface area contributed by atoms with Gasteiger partial charge in [-0.3, -0.25) is 10.1 Å². The molecule has 0 saturated carbocycles. The zero-order chi connectivity index (χ0) is 15.4. The highest BCUT2D eigenvalue weighted by molar-refractivity contribution is 9.08. The number of hydrogen-bond acceptors (Lipinski definition) is 4. The highest BCUT2D eigenvalue weighted by atomic mass is 79.9. The van der Waals surface area contributed by atoms with Gasteiger partial charge in [0.05, 0.1) is 12.0 Å². The Balaban J connectivity index is 2.48. The Hall–Kier alpha value is -1.79. The summed E-state index contributed by atoms with van der Waals surface area (Å²) >= 11 is 9.41. The van der Waals surface area contributed by atoms with Gasteiger partial charge >= 0.3 is 5.69 Å². The number of nitro benzene ring substituents is 1. The predicted molar refractivity (Wildman–Crippen MR) is 83.8 cm³/mol. The van der Waals surface area contributed by atoms with Gasteiger partial charge in [0.2, 0.25) is 5.75 Å². The van der Waals surface area contributed by atoms with E-state index in [1.54, 1.807) is 18.2 Å². The predicted octanol–water partition coefficient (Wildman–Crippen LogP) is 4.94. The minimum absolute atomic E-state index is 0.101. The number of methoxy groups -OCH3 is 1. The Morgan fingerprint density at radius 1 is 1.29 bits per heavy atom. The van der Waals surface area contributed by atoms with E-state index in [2.05, 4.69) is 15.9 Å². The first kappa shape index (κ1) is 15.6. The van der Waals surface area contributed by atoms with E-state index in [0.717, 1.165) is 5.56 Å². The van der Waals surface area contributed by atoms with Gasteiger partial charge in [-0.15, -0.1) is 0 Å². The maximum absolute atomic E-state index is 11.1. The molecular formula is C14H11BrClNO4. The molecule has 0 spiro atoms. The first-order valence-electron chi connectivity index (χ1n) is 5.90. The summed E-state index contributed by atoms with van der Waals surface area (Å²) < 4.78 is 10.7. The summed E-state index contributed by atoms with van der Waals surface area (Å²) in [6.45, 7) is 0. The topological polar surface area (TPSA) is 61.6 Å². The molecule has 110 valence electrons. The molecule has 0 bridgehead atoms. The molecule has 5 nitrogen and oxygen atoms in total. The van der Waals surface area contributed by atoms with Gasteiger partial charge in [-0.25, -0.2) is 0 Å². The molecule has 2 rings (SSSR count). The highest BCUT2D eigenvalue weighted by Gasteiger charge is 2.18. The summed E-state index contributed by atoms with van der Waals surface area (Å²) in [5.41, 5.74) is 0.576. The van der Waals surface area contributed by atoms with Crippen molar-refractivity contribution in [2.24, 2.45) is 0 Å². The van der Waals surface area contributed by atoms with Crippen LogP contribution < -0.4 is 9.47 Å². The minimum atomic E-state index is -0.507. The van der Waals surface area contributed by atoms with Gasteiger partial charge in [-0.2, -0.15) is 0 Å². The van der Waals surface area contributed by atoms with E-state index in [9.17, 15) is 10.1 Å². The number of rotatable bonds is 5. The summed E-state index contributed by atoms with van der Waals surface area (Å²) in [5, 5.41) is 12.1. The fourth-order valence-corrected chi connectivity index (χ4v) is 2.71. The molecule has 0 amide bonds. The van der Waals surface area contributed by atoms with Crippen molar-refractivity contribution in [1.29, 1.82) is 0 Å². The molecule has 2 aromatic rings. The van der Waals surface area contributed by atoms with Gasteiger partial charge in [-0.05, 0) is 18.2 Å². The second-order valence-corrected chi connectivity index (χ2v) is 5.01. The fourth-order valence-electron chi connectivity index (χ4n) is 1.74. The lowest BCUT2D eigenvalue weighted by molar-refractivity contribution is -0.385. The SMILES string of the molecule is COc1ccc([N+](=O)[O-])c(Oc2cccc(Cl)c2CBr)c1. The summed E-state index contributed by atoms with van der Waals surface area (Å²) in [4.78, 5) is 10.6. The van der Waals surface area contributed by atoms with Crippen LogP contribution in [0.15, 0.2) is 36.4 Å². The number of ether oxygens (including phenoxy) is 2. The molecule has 0 saturated heterocycles. The average Bonchev–Trinajstić information content (AvgIpc) is 2.47. The van der Waals surface area contributed by atoms with Crippen molar-refractivity contribution in [3.8, 4) is 17.2 Å². The van der Waals surface area contributed by atoms with Gasteiger partial charge in [0.1, 0.15) is 11.5 Å². The molecule has 2 aromatic carbocycles. The van der Waals surface area contributed by atoms with Gasteiger partial charge < -0.3 is 9.47 Å². The number of benzene rings is 2. The van der Waals surface area contributed by atoms with Crippen molar-refractivity contribution in [2.45, 2.75) is 5.33 Å². The first-order valence-corrected chi connectivity index (χ1v) is 7.40. The van der Waals surface area contributed by atoms with Crippen molar-refractivity contribution in [1.82, 2.24) is 0 Å². The smallest absolute Gasteiger partial charge is 0.311 e. The third-order valence-electron chi connectivity index (χ3n) is 2.79. The summed E-state index contributed by atoms with van der Waals surface area (Å²) in [5.74, 6) is 1.03. The Kier molecular flexibility index (Phi) is 5.03. The zero-order valence-corrected chi connectivity index (χ0v) is 13.3. The number of hydrogen-bond donors (Lipinski definition) is 0. The highest BCUT2D eigenvalue weighted by Crippen LogP contribution is 2.38. The monoisotopic (exact) mass is 371 g/mol. The molecule has 0 aliphatic heterocycles. The molecule has 21 heavy (non-hydrogen) atoms. The Morgan fingerprint density at radius 3 is 2.67 bits per heavy atom. The summed E-state index contributed by atoms with van der Waals surface area (Å²) in [6.07, 6.45) is 0. The number of nitro groups is 1. The van der Waals surface area contributed by atoms with Crippen LogP contribution in [0, 0.1) is 10.1 Å². The van der Waals surface area contributed by atoms with E-state index in [1.165, 1.54) is 25.3 Å². The van der Waals surface area contributed by atoms with E-state index < -0.39 is 4.92 Å². The van der Waals surface area contributed by atoms with Crippen molar-refractivity contribution in [3.63, 3.8) is 0 Å². The normalized spacial score (nSPS) is 10.2. The second kappa shape index (κ2) is 6.78. The van der Waals surface area contributed by atoms with E-state index in [0.29, 0.717) is 21.9 Å². The van der Waals surface area contributed by atoms with E-state index in [4.69, 9.17) is 21.1 Å². The molecule has 0 unspecified atom stereocenters. The van der Waals surface area contributed by atoms with Crippen LogP contribution in [0.3, 0.4) is 0 Å². The maximum Gasteiger partial charge on any atom is 0.311 e. The van der Waals surface area contributed by atoms with Crippen LogP contribution in [0.5, 0.6) is 17.2 Å². The molecule has 0 aliphatic carbocycles. The van der Waals surface area contributed by atoms with Crippen LogP contribution in [-0.4, -0.2) is 12.0 Å². The van der Waals surface area contributed by atoms with Gasteiger partial charge in [-0.1, -0.05) is 33.6 Å². The molecular weight excluding hydrogens is 362 g/mol. The first-order chi connectivity index (χ1) is 10.1. The van der Waals surface area contributed by atoms with Crippen LogP contribution in [0.1, 0.15) is 5.56 Å². The second-order valence-electron chi connectivity index (χ2n) is 4.04. The van der Waals surface area contributed by atoms with Crippen molar-refractivity contribution < 1.29 is 14.4 Å². The van der Waals surface area contributed by atoms with Crippen molar-refractivity contribution >= 4 is 33.2 Å². The lowest BCUT2D eigenvalue weighted by atomic mass is 10.2. The van der Waals surface area contributed by atoms with Crippen LogP contribution in [0.4, 0.5) is 5.69 Å². The van der Waals surface area contributed by atoms with E-state index in [1.807, 2.05) is 0 Å². The van der Waals surface area contributed by atoms with Gasteiger partial charge in [0, 0.05) is 28.0 Å². The third-order valence-corrected chi connectivity index (χ3v) is 3.71. The molecule has 0 heterocycles. The maximum atomic E-state index is 11.1. The molecule has 0 aromatic heterocycles. The largest absolute Gasteiger partial charge is 0.497 e. The molecule has 0 fully saturated rings. The van der Waals surface area contributed by atoms with Crippen LogP contribution in [0.2, 0.25) is 5.02 Å². The van der Waals surface area contributed by atoms with Crippen LogP contribution in [-0.2, 0) is 5.33 Å². The van der Waals surface area contributed by atoms with E-state index >= 15 is 0 Å². The number of nitrogens with zero attached hydrogens (tertiary/aromatic N) is 1.